The first-order valence-electron chi connectivity index (χ1n) is 7.19. The summed E-state index contributed by atoms with van der Waals surface area (Å²) < 4.78 is 5.61. The van der Waals surface area contributed by atoms with Gasteiger partial charge in [-0.25, -0.2) is 0 Å². The van der Waals surface area contributed by atoms with Gasteiger partial charge in [0, 0.05) is 19.3 Å². The maximum absolute atomic E-state index is 5.61. The molecule has 1 rings (SSSR count). The Labute approximate surface area is 101 Å². The van der Waals surface area contributed by atoms with Gasteiger partial charge in [-0.15, -0.1) is 0 Å². The molecule has 16 heavy (non-hydrogen) atoms. The van der Waals surface area contributed by atoms with Crippen molar-refractivity contribution in [2.24, 2.45) is 5.92 Å². The Morgan fingerprint density at radius 1 is 1.12 bits per heavy atom. The molecule has 1 aliphatic rings. The highest BCUT2D eigenvalue weighted by molar-refractivity contribution is 4.80. The summed E-state index contributed by atoms with van der Waals surface area (Å²) in [6.45, 7) is 7.43. The van der Waals surface area contributed by atoms with E-state index in [0.29, 0.717) is 6.04 Å². The average molecular weight is 227 g/mol. The van der Waals surface area contributed by atoms with Gasteiger partial charge in [0.1, 0.15) is 0 Å². The molecule has 0 saturated heterocycles. The maximum atomic E-state index is 5.61. The molecule has 0 radical (unpaired) electrons. The average Bonchev–Trinajstić information content (AvgIpc) is 2.82. The smallest absolute Gasteiger partial charge is 0.0480 e. The van der Waals surface area contributed by atoms with Crippen LogP contribution in [0.2, 0.25) is 0 Å². The van der Waals surface area contributed by atoms with E-state index in [1.54, 1.807) is 0 Å². The van der Waals surface area contributed by atoms with E-state index in [0.717, 1.165) is 32.1 Å². The molecule has 2 heteroatoms. The fourth-order valence-corrected chi connectivity index (χ4v) is 2.65. The highest BCUT2D eigenvalue weighted by atomic mass is 16.5. The third-order valence-electron chi connectivity index (χ3n) is 3.55. The second kappa shape index (κ2) is 9.00. The van der Waals surface area contributed by atoms with Crippen molar-refractivity contribution in [3.8, 4) is 0 Å². The Balaban J connectivity index is 2.19. The molecular formula is C14H29NO. The molecular weight excluding hydrogens is 198 g/mol. The van der Waals surface area contributed by atoms with E-state index in [1.807, 2.05) is 0 Å². The van der Waals surface area contributed by atoms with Crippen LogP contribution in [-0.4, -0.2) is 25.8 Å². The third kappa shape index (κ3) is 5.31. The molecule has 1 aliphatic carbocycles. The molecule has 2 nitrogen and oxygen atoms in total. The highest BCUT2D eigenvalue weighted by Gasteiger charge is 2.23. The molecule has 0 amide bonds. The summed E-state index contributed by atoms with van der Waals surface area (Å²) in [6.07, 6.45) is 9.29. The van der Waals surface area contributed by atoms with Crippen LogP contribution in [0.15, 0.2) is 0 Å². The number of ether oxygens (including phenoxy) is 1. The summed E-state index contributed by atoms with van der Waals surface area (Å²) in [7, 11) is 0. The molecule has 0 spiro atoms. The SMILES string of the molecule is CCCNC(CCOCCC)C1CCCC1. The molecule has 1 saturated carbocycles. The van der Waals surface area contributed by atoms with Crippen LogP contribution in [0, 0.1) is 5.92 Å². The normalized spacial score (nSPS) is 19.1. The van der Waals surface area contributed by atoms with Gasteiger partial charge in [-0.05, 0) is 44.6 Å². The van der Waals surface area contributed by atoms with Crippen molar-refractivity contribution in [1.29, 1.82) is 0 Å². The van der Waals surface area contributed by atoms with E-state index in [2.05, 4.69) is 19.2 Å². The molecule has 1 atom stereocenters. The van der Waals surface area contributed by atoms with Gasteiger partial charge >= 0.3 is 0 Å². The van der Waals surface area contributed by atoms with Crippen LogP contribution >= 0.6 is 0 Å². The molecule has 1 N–H and O–H groups in total. The van der Waals surface area contributed by atoms with Crippen LogP contribution < -0.4 is 5.32 Å². The van der Waals surface area contributed by atoms with Gasteiger partial charge in [0.2, 0.25) is 0 Å². The lowest BCUT2D eigenvalue weighted by molar-refractivity contribution is 0.117. The zero-order valence-corrected chi connectivity index (χ0v) is 11.1. The lowest BCUT2D eigenvalue weighted by Gasteiger charge is -2.24. The van der Waals surface area contributed by atoms with Gasteiger partial charge in [0.15, 0.2) is 0 Å². The van der Waals surface area contributed by atoms with Gasteiger partial charge in [-0.3, -0.25) is 0 Å². The van der Waals surface area contributed by atoms with Crippen LogP contribution in [-0.2, 0) is 4.74 Å². The van der Waals surface area contributed by atoms with Crippen molar-refractivity contribution in [3.05, 3.63) is 0 Å². The maximum Gasteiger partial charge on any atom is 0.0480 e. The zero-order chi connectivity index (χ0) is 11.6. The lowest BCUT2D eigenvalue weighted by atomic mass is 9.95. The number of nitrogens with one attached hydrogen (secondary N) is 1. The first-order chi connectivity index (χ1) is 7.88. The Morgan fingerprint density at radius 2 is 1.88 bits per heavy atom. The summed E-state index contributed by atoms with van der Waals surface area (Å²) in [6, 6.07) is 0.708. The van der Waals surface area contributed by atoms with Gasteiger partial charge in [-0.1, -0.05) is 26.7 Å². The van der Waals surface area contributed by atoms with E-state index < -0.39 is 0 Å². The second-order valence-corrected chi connectivity index (χ2v) is 5.01. The Morgan fingerprint density at radius 3 is 2.50 bits per heavy atom. The summed E-state index contributed by atoms with van der Waals surface area (Å²) in [5, 5.41) is 3.71. The van der Waals surface area contributed by atoms with E-state index in [-0.39, 0.29) is 0 Å². The van der Waals surface area contributed by atoms with Crippen molar-refractivity contribution in [2.45, 2.75) is 64.8 Å². The Kier molecular flexibility index (Phi) is 7.87. The minimum atomic E-state index is 0.708. The molecule has 0 aromatic rings. The predicted octanol–water partition coefficient (Wildman–Crippen LogP) is 3.36. The molecule has 0 heterocycles. The summed E-state index contributed by atoms with van der Waals surface area (Å²) in [5.41, 5.74) is 0. The van der Waals surface area contributed by atoms with E-state index in [9.17, 15) is 0 Å². The van der Waals surface area contributed by atoms with Crippen LogP contribution in [0.1, 0.15) is 58.8 Å². The van der Waals surface area contributed by atoms with E-state index >= 15 is 0 Å². The Hall–Kier alpha value is -0.0800. The van der Waals surface area contributed by atoms with Crippen molar-refractivity contribution >= 4 is 0 Å². The zero-order valence-electron chi connectivity index (χ0n) is 11.1. The van der Waals surface area contributed by atoms with Gasteiger partial charge in [0.25, 0.3) is 0 Å². The van der Waals surface area contributed by atoms with E-state index in [1.165, 1.54) is 38.5 Å². The molecule has 0 aromatic carbocycles. The van der Waals surface area contributed by atoms with Crippen LogP contribution in [0.25, 0.3) is 0 Å². The van der Waals surface area contributed by atoms with E-state index in [4.69, 9.17) is 4.74 Å². The summed E-state index contributed by atoms with van der Waals surface area (Å²) in [5.74, 6) is 0.914. The van der Waals surface area contributed by atoms with Gasteiger partial charge in [0.05, 0.1) is 0 Å². The van der Waals surface area contributed by atoms with Gasteiger partial charge < -0.3 is 10.1 Å². The fourth-order valence-electron chi connectivity index (χ4n) is 2.65. The summed E-state index contributed by atoms with van der Waals surface area (Å²) >= 11 is 0. The molecule has 0 aliphatic heterocycles. The molecule has 1 fully saturated rings. The number of hydrogen-bond acceptors (Lipinski definition) is 2. The molecule has 1 unspecified atom stereocenters. The number of hydrogen-bond donors (Lipinski definition) is 1. The monoisotopic (exact) mass is 227 g/mol. The first kappa shape index (κ1) is 14.0. The van der Waals surface area contributed by atoms with Gasteiger partial charge in [-0.2, -0.15) is 0 Å². The minimum Gasteiger partial charge on any atom is -0.381 e. The van der Waals surface area contributed by atoms with Crippen LogP contribution in [0.5, 0.6) is 0 Å². The second-order valence-electron chi connectivity index (χ2n) is 5.01. The van der Waals surface area contributed by atoms with Crippen molar-refractivity contribution in [1.82, 2.24) is 5.32 Å². The van der Waals surface area contributed by atoms with Crippen molar-refractivity contribution in [3.63, 3.8) is 0 Å². The topological polar surface area (TPSA) is 21.3 Å². The summed E-state index contributed by atoms with van der Waals surface area (Å²) in [4.78, 5) is 0. The predicted molar refractivity (Wildman–Crippen MR) is 69.8 cm³/mol. The Bertz CT molecular complexity index is 155. The quantitative estimate of drug-likeness (QED) is 0.610. The van der Waals surface area contributed by atoms with Crippen molar-refractivity contribution < 1.29 is 4.74 Å². The largest absolute Gasteiger partial charge is 0.381 e. The molecule has 0 bridgehead atoms. The van der Waals surface area contributed by atoms with Crippen LogP contribution in [0.3, 0.4) is 0 Å². The standard InChI is InChI=1S/C14H29NO/c1-3-10-15-14(9-12-16-11-4-2)13-7-5-6-8-13/h13-15H,3-12H2,1-2H3. The van der Waals surface area contributed by atoms with Crippen molar-refractivity contribution in [2.75, 3.05) is 19.8 Å². The third-order valence-corrected chi connectivity index (χ3v) is 3.55. The number of rotatable bonds is 9. The lowest BCUT2D eigenvalue weighted by Crippen LogP contribution is -2.36. The minimum absolute atomic E-state index is 0.708. The molecule has 96 valence electrons. The molecule has 0 aromatic heterocycles. The highest BCUT2D eigenvalue weighted by Crippen LogP contribution is 2.29. The first-order valence-corrected chi connectivity index (χ1v) is 7.19. The van der Waals surface area contributed by atoms with Crippen LogP contribution in [0.4, 0.5) is 0 Å². The fraction of sp³-hybridized carbons (Fsp3) is 1.00.